The second kappa shape index (κ2) is 4.09. The first kappa shape index (κ1) is 9.03. The third-order valence-electron chi connectivity index (χ3n) is 1.98. The van der Waals surface area contributed by atoms with Crippen molar-refractivity contribution in [3.8, 4) is 0 Å². The standard InChI is InChI=1S/C8H13NO3/c1-9-7(10)6-4-2-3-5-12-8(6)11/h6H,2-5H2,1H3,(H,9,10)/t6-/m0/s1. The highest BCUT2D eigenvalue weighted by molar-refractivity contribution is 5.97. The number of carbonyl (C=O) groups excluding carboxylic acids is 2. The molecule has 4 heteroatoms. The van der Waals surface area contributed by atoms with Crippen molar-refractivity contribution in [3.63, 3.8) is 0 Å². The molecule has 0 unspecified atom stereocenters. The van der Waals surface area contributed by atoms with E-state index in [1.165, 1.54) is 7.05 Å². The van der Waals surface area contributed by atoms with Crippen molar-refractivity contribution in [2.45, 2.75) is 19.3 Å². The fourth-order valence-electron chi connectivity index (χ4n) is 1.25. The fourth-order valence-corrected chi connectivity index (χ4v) is 1.25. The smallest absolute Gasteiger partial charge is 0.318 e. The van der Waals surface area contributed by atoms with Gasteiger partial charge in [0.2, 0.25) is 5.91 Å². The van der Waals surface area contributed by atoms with Gasteiger partial charge in [-0.1, -0.05) is 0 Å². The maximum Gasteiger partial charge on any atom is 0.318 e. The van der Waals surface area contributed by atoms with Crippen LogP contribution in [0.5, 0.6) is 0 Å². The lowest BCUT2D eigenvalue weighted by molar-refractivity contribution is -0.151. The summed E-state index contributed by atoms with van der Waals surface area (Å²) in [5, 5.41) is 2.45. The topological polar surface area (TPSA) is 55.4 Å². The molecule has 0 saturated carbocycles. The van der Waals surface area contributed by atoms with Gasteiger partial charge in [-0.3, -0.25) is 9.59 Å². The first-order valence-corrected chi connectivity index (χ1v) is 4.14. The van der Waals surface area contributed by atoms with E-state index in [2.05, 4.69) is 5.32 Å². The lowest BCUT2D eigenvalue weighted by atomic mass is 10.0. The van der Waals surface area contributed by atoms with E-state index in [1.54, 1.807) is 0 Å². The Morgan fingerprint density at radius 2 is 2.33 bits per heavy atom. The van der Waals surface area contributed by atoms with Gasteiger partial charge in [-0.05, 0) is 19.3 Å². The number of hydrogen-bond donors (Lipinski definition) is 1. The summed E-state index contributed by atoms with van der Waals surface area (Å²) >= 11 is 0. The van der Waals surface area contributed by atoms with Crippen LogP contribution >= 0.6 is 0 Å². The molecule has 1 amide bonds. The van der Waals surface area contributed by atoms with Crippen LogP contribution < -0.4 is 5.32 Å². The van der Waals surface area contributed by atoms with E-state index >= 15 is 0 Å². The van der Waals surface area contributed by atoms with E-state index in [0.29, 0.717) is 13.0 Å². The molecule has 1 aliphatic heterocycles. The highest BCUT2D eigenvalue weighted by Crippen LogP contribution is 2.15. The summed E-state index contributed by atoms with van der Waals surface area (Å²) in [6.07, 6.45) is 2.35. The molecule has 1 fully saturated rings. The predicted molar refractivity (Wildman–Crippen MR) is 42.4 cm³/mol. The third-order valence-corrected chi connectivity index (χ3v) is 1.98. The molecule has 0 aromatic carbocycles. The van der Waals surface area contributed by atoms with Crippen molar-refractivity contribution in [1.82, 2.24) is 5.32 Å². The number of hydrogen-bond acceptors (Lipinski definition) is 3. The SMILES string of the molecule is CNC(=O)[C@@H]1CCCCOC1=O. The first-order valence-electron chi connectivity index (χ1n) is 4.14. The molecule has 12 heavy (non-hydrogen) atoms. The monoisotopic (exact) mass is 171 g/mol. The van der Waals surface area contributed by atoms with E-state index in [9.17, 15) is 9.59 Å². The molecular formula is C8H13NO3. The summed E-state index contributed by atoms with van der Waals surface area (Å²) in [7, 11) is 1.53. The normalized spacial score (nSPS) is 24.1. The van der Waals surface area contributed by atoms with E-state index in [1.807, 2.05) is 0 Å². The molecule has 1 aliphatic rings. The van der Waals surface area contributed by atoms with Gasteiger partial charge in [-0.25, -0.2) is 0 Å². The molecule has 0 radical (unpaired) electrons. The highest BCUT2D eigenvalue weighted by atomic mass is 16.5. The van der Waals surface area contributed by atoms with Gasteiger partial charge in [0.1, 0.15) is 5.92 Å². The van der Waals surface area contributed by atoms with Crippen molar-refractivity contribution in [2.24, 2.45) is 5.92 Å². The molecule has 1 atom stereocenters. The molecule has 0 aromatic heterocycles. The van der Waals surface area contributed by atoms with Gasteiger partial charge in [-0.15, -0.1) is 0 Å². The minimum Gasteiger partial charge on any atom is -0.465 e. The average molecular weight is 171 g/mol. The Morgan fingerprint density at radius 3 is 3.00 bits per heavy atom. The van der Waals surface area contributed by atoms with Crippen LogP contribution in [0.3, 0.4) is 0 Å². The molecule has 1 rings (SSSR count). The van der Waals surface area contributed by atoms with E-state index in [0.717, 1.165) is 12.8 Å². The lowest BCUT2D eigenvalue weighted by Gasteiger charge is -2.09. The van der Waals surface area contributed by atoms with Crippen LogP contribution in [0.2, 0.25) is 0 Å². The zero-order valence-corrected chi connectivity index (χ0v) is 7.13. The van der Waals surface area contributed by atoms with Gasteiger partial charge in [-0.2, -0.15) is 0 Å². The number of carbonyl (C=O) groups is 2. The minimum absolute atomic E-state index is 0.234. The Bertz CT molecular complexity index is 191. The van der Waals surface area contributed by atoms with Crippen LogP contribution in [0, 0.1) is 5.92 Å². The van der Waals surface area contributed by atoms with Crippen LogP contribution in [0.25, 0.3) is 0 Å². The first-order chi connectivity index (χ1) is 5.75. The zero-order chi connectivity index (χ0) is 8.97. The van der Waals surface area contributed by atoms with Gasteiger partial charge >= 0.3 is 5.97 Å². The number of esters is 1. The van der Waals surface area contributed by atoms with Gasteiger partial charge in [0.05, 0.1) is 6.61 Å². The van der Waals surface area contributed by atoms with Crippen LogP contribution in [0.1, 0.15) is 19.3 Å². The zero-order valence-electron chi connectivity index (χ0n) is 7.13. The number of ether oxygens (including phenoxy) is 1. The average Bonchev–Trinajstić information content (AvgIpc) is 2.28. The Balaban J connectivity index is 2.59. The van der Waals surface area contributed by atoms with E-state index in [-0.39, 0.29) is 11.9 Å². The van der Waals surface area contributed by atoms with Crippen LogP contribution in [-0.2, 0) is 14.3 Å². The maximum absolute atomic E-state index is 11.1. The van der Waals surface area contributed by atoms with Gasteiger partial charge in [0, 0.05) is 7.05 Å². The quantitative estimate of drug-likeness (QED) is 0.449. The minimum atomic E-state index is -0.586. The molecular weight excluding hydrogens is 158 g/mol. The predicted octanol–water partition coefficient (Wildman–Crippen LogP) is 0.0757. The van der Waals surface area contributed by atoms with Crippen molar-refractivity contribution < 1.29 is 14.3 Å². The summed E-state index contributed by atoms with van der Waals surface area (Å²) in [6.45, 7) is 0.451. The highest BCUT2D eigenvalue weighted by Gasteiger charge is 2.28. The van der Waals surface area contributed by atoms with Crippen LogP contribution in [0.15, 0.2) is 0 Å². The van der Waals surface area contributed by atoms with Crippen molar-refractivity contribution in [2.75, 3.05) is 13.7 Å². The van der Waals surface area contributed by atoms with Gasteiger partial charge < -0.3 is 10.1 Å². The van der Waals surface area contributed by atoms with Crippen molar-refractivity contribution in [1.29, 1.82) is 0 Å². The summed E-state index contributed by atoms with van der Waals surface area (Å²) < 4.78 is 4.84. The Hall–Kier alpha value is -1.06. The molecule has 68 valence electrons. The number of amides is 1. The van der Waals surface area contributed by atoms with E-state index < -0.39 is 5.92 Å². The second-order valence-electron chi connectivity index (χ2n) is 2.83. The molecule has 1 saturated heterocycles. The largest absolute Gasteiger partial charge is 0.465 e. The number of nitrogens with one attached hydrogen (secondary N) is 1. The Morgan fingerprint density at radius 1 is 1.58 bits per heavy atom. The van der Waals surface area contributed by atoms with Crippen molar-refractivity contribution in [3.05, 3.63) is 0 Å². The number of cyclic esters (lactones) is 1. The molecule has 4 nitrogen and oxygen atoms in total. The lowest BCUT2D eigenvalue weighted by Crippen LogP contribution is -2.33. The molecule has 0 aromatic rings. The molecule has 0 aliphatic carbocycles. The Labute approximate surface area is 71.3 Å². The van der Waals surface area contributed by atoms with Crippen LogP contribution in [-0.4, -0.2) is 25.5 Å². The van der Waals surface area contributed by atoms with Crippen molar-refractivity contribution >= 4 is 11.9 Å². The summed E-state index contributed by atoms with van der Waals surface area (Å²) in [5.74, 6) is -1.20. The fraction of sp³-hybridized carbons (Fsp3) is 0.750. The van der Waals surface area contributed by atoms with Gasteiger partial charge in [0.25, 0.3) is 0 Å². The maximum atomic E-state index is 11.1. The molecule has 0 spiro atoms. The van der Waals surface area contributed by atoms with Crippen LogP contribution in [0.4, 0.5) is 0 Å². The number of rotatable bonds is 1. The molecule has 0 bridgehead atoms. The summed E-state index contributed by atoms with van der Waals surface area (Å²) in [6, 6.07) is 0. The summed E-state index contributed by atoms with van der Waals surface area (Å²) in [4.78, 5) is 22.2. The Kier molecular flexibility index (Phi) is 3.08. The second-order valence-corrected chi connectivity index (χ2v) is 2.83. The molecule has 1 heterocycles. The summed E-state index contributed by atoms with van der Waals surface area (Å²) in [5.41, 5.74) is 0. The van der Waals surface area contributed by atoms with E-state index in [4.69, 9.17) is 4.74 Å². The molecule has 1 N–H and O–H groups in total. The third kappa shape index (κ3) is 1.96. The van der Waals surface area contributed by atoms with Gasteiger partial charge in [0.15, 0.2) is 0 Å².